The van der Waals surface area contributed by atoms with Crippen LogP contribution < -0.4 is 10.6 Å². The van der Waals surface area contributed by atoms with E-state index in [0.29, 0.717) is 17.0 Å². The molecule has 0 saturated heterocycles. The van der Waals surface area contributed by atoms with Gasteiger partial charge in [-0.3, -0.25) is 24.1 Å². The van der Waals surface area contributed by atoms with Crippen LogP contribution in [0.3, 0.4) is 0 Å². The lowest BCUT2D eigenvalue weighted by Crippen LogP contribution is -2.40. The van der Waals surface area contributed by atoms with Crippen molar-refractivity contribution in [3.63, 3.8) is 0 Å². The molecule has 1 aliphatic rings. The second-order valence-corrected chi connectivity index (χ2v) is 8.77. The van der Waals surface area contributed by atoms with E-state index in [1.165, 1.54) is 24.5 Å². The van der Waals surface area contributed by atoms with Crippen LogP contribution in [0, 0.1) is 0 Å². The molecule has 2 N–H and O–H groups in total. The summed E-state index contributed by atoms with van der Waals surface area (Å²) in [5.74, 6) is -1.06. The number of amides is 4. The van der Waals surface area contributed by atoms with Crippen LogP contribution in [0.15, 0.2) is 65.3 Å². The Bertz CT molecular complexity index is 1240. The number of nitrogens with one attached hydrogen (secondary N) is 2. The Hall–Kier alpha value is -4.20. The van der Waals surface area contributed by atoms with E-state index in [-0.39, 0.29) is 34.7 Å². The Morgan fingerprint density at radius 1 is 0.879 bits per heavy atom. The standard InChI is InChI=1S/C25H23N3O5/c1-25(2,3)27-22(30)15-6-9-17(10-7-15)26-21(29)16-8-11-19-20(13-16)24(32)28(23(19)31)14-18-5-4-12-33-18/h4-13H,14H2,1-3H3,(H,26,29)(H,27,30). The van der Waals surface area contributed by atoms with Gasteiger partial charge in [0.05, 0.1) is 23.9 Å². The molecule has 0 spiro atoms. The Kier molecular flexibility index (Phi) is 5.59. The van der Waals surface area contributed by atoms with Gasteiger partial charge in [0, 0.05) is 22.4 Å². The molecule has 8 heteroatoms. The third-order valence-electron chi connectivity index (χ3n) is 5.02. The van der Waals surface area contributed by atoms with E-state index in [1.54, 1.807) is 36.4 Å². The SMILES string of the molecule is CC(C)(C)NC(=O)c1ccc(NC(=O)c2ccc3c(c2)C(=O)N(Cc2ccco2)C3=O)cc1. The van der Waals surface area contributed by atoms with Gasteiger partial charge in [-0.25, -0.2) is 0 Å². The molecule has 0 radical (unpaired) electrons. The smallest absolute Gasteiger partial charge is 0.261 e. The van der Waals surface area contributed by atoms with Gasteiger partial charge in [-0.2, -0.15) is 0 Å². The Balaban J connectivity index is 1.46. The molecule has 0 fully saturated rings. The van der Waals surface area contributed by atoms with Gasteiger partial charge in [-0.15, -0.1) is 0 Å². The van der Waals surface area contributed by atoms with Gasteiger partial charge in [0.25, 0.3) is 23.6 Å². The van der Waals surface area contributed by atoms with Crippen molar-refractivity contribution in [3.05, 3.63) is 88.9 Å². The quantitative estimate of drug-likeness (QED) is 0.580. The molecule has 0 bridgehead atoms. The van der Waals surface area contributed by atoms with Gasteiger partial charge >= 0.3 is 0 Å². The van der Waals surface area contributed by atoms with E-state index in [0.717, 1.165) is 4.90 Å². The Labute approximate surface area is 190 Å². The van der Waals surface area contributed by atoms with Crippen LogP contribution in [0.5, 0.6) is 0 Å². The number of imide groups is 1. The maximum absolute atomic E-state index is 12.8. The summed E-state index contributed by atoms with van der Waals surface area (Å²) in [5.41, 5.74) is 1.27. The van der Waals surface area contributed by atoms with Crippen LogP contribution in [0.1, 0.15) is 68.0 Å². The van der Waals surface area contributed by atoms with Crippen LogP contribution in [-0.4, -0.2) is 34.1 Å². The van der Waals surface area contributed by atoms with Crippen molar-refractivity contribution in [2.45, 2.75) is 32.9 Å². The van der Waals surface area contributed by atoms with Crippen molar-refractivity contribution in [2.75, 3.05) is 5.32 Å². The largest absolute Gasteiger partial charge is 0.467 e. The number of hydrogen-bond donors (Lipinski definition) is 2. The van der Waals surface area contributed by atoms with Gasteiger partial charge < -0.3 is 15.1 Å². The van der Waals surface area contributed by atoms with Gasteiger partial charge in [0.2, 0.25) is 0 Å². The fraction of sp³-hybridized carbons (Fsp3) is 0.200. The van der Waals surface area contributed by atoms with Crippen molar-refractivity contribution >= 4 is 29.3 Å². The number of nitrogens with zero attached hydrogens (tertiary/aromatic N) is 1. The summed E-state index contributed by atoms with van der Waals surface area (Å²) in [4.78, 5) is 51.4. The molecule has 2 aromatic carbocycles. The third-order valence-corrected chi connectivity index (χ3v) is 5.02. The second-order valence-electron chi connectivity index (χ2n) is 8.77. The molecule has 4 rings (SSSR count). The summed E-state index contributed by atoms with van der Waals surface area (Å²) in [6.45, 7) is 5.70. The molecule has 0 unspecified atom stereocenters. The van der Waals surface area contributed by atoms with Crippen LogP contribution in [0.2, 0.25) is 0 Å². The van der Waals surface area contributed by atoms with Crippen molar-refractivity contribution in [1.82, 2.24) is 10.2 Å². The zero-order valence-electron chi connectivity index (χ0n) is 18.5. The average Bonchev–Trinajstić information content (AvgIpc) is 3.36. The molecule has 4 amide bonds. The number of fused-ring (bicyclic) bond motifs is 1. The zero-order chi connectivity index (χ0) is 23.8. The minimum Gasteiger partial charge on any atom is -0.467 e. The first-order valence-corrected chi connectivity index (χ1v) is 10.4. The van der Waals surface area contributed by atoms with Gasteiger partial charge in [0.1, 0.15) is 5.76 Å². The number of rotatable bonds is 5. The molecular formula is C25H23N3O5. The summed E-state index contributed by atoms with van der Waals surface area (Å²) in [6, 6.07) is 14.2. The van der Waals surface area contributed by atoms with Crippen LogP contribution >= 0.6 is 0 Å². The highest BCUT2D eigenvalue weighted by atomic mass is 16.3. The first kappa shape index (κ1) is 22.0. The summed E-state index contributed by atoms with van der Waals surface area (Å²) in [6.07, 6.45) is 1.47. The van der Waals surface area contributed by atoms with Gasteiger partial charge in [-0.05, 0) is 75.4 Å². The summed E-state index contributed by atoms with van der Waals surface area (Å²) >= 11 is 0. The highest BCUT2D eigenvalue weighted by molar-refractivity contribution is 6.22. The predicted octanol–water partition coefficient (Wildman–Crippen LogP) is 3.86. The number of anilines is 1. The molecule has 0 atom stereocenters. The first-order valence-electron chi connectivity index (χ1n) is 10.4. The molecular weight excluding hydrogens is 422 g/mol. The molecule has 0 saturated carbocycles. The molecule has 33 heavy (non-hydrogen) atoms. The minimum atomic E-state index is -0.477. The van der Waals surface area contributed by atoms with Gasteiger partial charge in [0.15, 0.2) is 0 Å². The number of benzene rings is 2. The number of carbonyl (C=O) groups is 4. The first-order chi connectivity index (χ1) is 15.6. The summed E-state index contributed by atoms with van der Waals surface area (Å²) in [7, 11) is 0. The topological polar surface area (TPSA) is 109 Å². The number of furan rings is 1. The second kappa shape index (κ2) is 8.38. The lowest BCUT2D eigenvalue weighted by Gasteiger charge is -2.20. The molecule has 8 nitrogen and oxygen atoms in total. The molecule has 168 valence electrons. The molecule has 1 aromatic heterocycles. The molecule has 0 aliphatic carbocycles. The van der Waals surface area contributed by atoms with Crippen LogP contribution in [0.4, 0.5) is 5.69 Å². The summed E-state index contributed by atoms with van der Waals surface area (Å²) < 4.78 is 5.23. The van der Waals surface area contributed by atoms with E-state index >= 15 is 0 Å². The molecule has 2 heterocycles. The van der Waals surface area contributed by atoms with E-state index in [2.05, 4.69) is 10.6 Å². The van der Waals surface area contributed by atoms with E-state index in [1.807, 2.05) is 20.8 Å². The van der Waals surface area contributed by atoms with Crippen molar-refractivity contribution in [1.29, 1.82) is 0 Å². The van der Waals surface area contributed by atoms with E-state index < -0.39 is 17.7 Å². The van der Waals surface area contributed by atoms with E-state index in [9.17, 15) is 19.2 Å². The van der Waals surface area contributed by atoms with Crippen LogP contribution in [0.25, 0.3) is 0 Å². The molecule has 3 aromatic rings. The van der Waals surface area contributed by atoms with Gasteiger partial charge in [-0.1, -0.05) is 0 Å². The third kappa shape index (κ3) is 4.69. The molecule has 1 aliphatic heterocycles. The average molecular weight is 445 g/mol. The fourth-order valence-electron chi connectivity index (χ4n) is 3.45. The Morgan fingerprint density at radius 2 is 1.55 bits per heavy atom. The highest BCUT2D eigenvalue weighted by Crippen LogP contribution is 2.26. The maximum atomic E-state index is 12.8. The summed E-state index contributed by atoms with van der Waals surface area (Å²) in [5, 5.41) is 5.62. The fourth-order valence-corrected chi connectivity index (χ4v) is 3.45. The number of hydrogen-bond acceptors (Lipinski definition) is 5. The van der Waals surface area contributed by atoms with Crippen LogP contribution in [-0.2, 0) is 6.54 Å². The predicted molar refractivity (Wildman–Crippen MR) is 121 cm³/mol. The minimum absolute atomic E-state index is 0.0238. The number of carbonyl (C=O) groups excluding carboxylic acids is 4. The van der Waals surface area contributed by atoms with E-state index in [4.69, 9.17) is 4.42 Å². The Morgan fingerprint density at radius 3 is 2.18 bits per heavy atom. The van der Waals surface area contributed by atoms with Crippen molar-refractivity contribution < 1.29 is 23.6 Å². The zero-order valence-corrected chi connectivity index (χ0v) is 18.5. The lowest BCUT2D eigenvalue weighted by atomic mass is 10.0. The highest BCUT2D eigenvalue weighted by Gasteiger charge is 2.36. The monoisotopic (exact) mass is 445 g/mol. The van der Waals surface area contributed by atoms with Crippen molar-refractivity contribution in [2.24, 2.45) is 0 Å². The van der Waals surface area contributed by atoms with Crippen molar-refractivity contribution in [3.8, 4) is 0 Å². The lowest BCUT2D eigenvalue weighted by molar-refractivity contribution is 0.0631. The maximum Gasteiger partial charge on any atom is 0.261 e. The normalized spacial score (nSPS) is 13.1.